The number of urea groups is 1. The van der Waals surface area contributed by atoms with Gasteiger partial charge in [0.15, 0.2) is 11.5 Å². The molecule has 0 aromatic heterocycles. The first-order valence-electron chi connectivity index (χ1n) is 10.4. The van der Waals surface area contributed by atoms with E-state index in [2.05, 4.69) is 0 Å². The maximum Gasteiger partial charge on any atom is 0.440 e. The Morgan fingerprint density at radius 2 is 1.73 bits per heavy atom. The highest BCUT2D eigenvalue weighted by Gasteiger charge is 2.69. The van der Waals surface area contributed by atoms with Gasteiger partial charge in [0.1, 0.15) is 0 Å². The summed E-state index contributed by atoms with van der Waals surface area (Å²) >= 11 is 0. The van der Waals surface area contributed by atoms with Gasteiger partial charge in [-0.2, -0.15) is 13.2 Å². The third-order valence-electron chi connectivity index (χ3n) is 5.95. The molecule has 1 heterocycles. The minimum atomic E-state index is -5.31. The van der Waals surface area contributed by atoms with E-state index in [1.54, 1.807) is 10.6 Å². The molecule has 3 rings (SSSR count). The zero-order valence-electron chi connectivity index (χ0n) is 18.5. The van der Waals surface area contributed by atoms with Gasteiger partial charge in [-0.15, -0.1) is 0 Å². The lowest BCUT2D eigenvalue weighted by atomic mass is 9.89. The SMILES string of the molecule is COc1ccc(C(=O)NC2(C(F)(F)F)NC(=O)N(CC3CCCCC3)C2=O)c(OC)c1OC. The Morgan fingerprint density at radius 3 is 2.27 bits per heavy atom. The van der Waals surface area contributed by atoms with Gasteiger partial charge in [0.05, 0.1) is 26.9 Å². The summed E-state index contributed by atoms with van der Waals surface area (Å²) in [5, 5.41) is 3.37. The monoisotopic (exact) mass is 473 g/mol. The molecule has 12 heteroatoms. The first-order valence-corrected chi connectivity index (χ1v) is 10.4. The normalized spacial score (nSPS) is 21.6. The molecule has 2 fully saturated rings. The standard InChI is InChI=1S/C21H26F3N3O6/c1-31-14-10-9-13(15(32-2)16(14)33-3)17(28)25-20(21(22,23)24)18(29)27(19(30)26-20)11-12-7-5-4-6-8-12/h9-10,12H,4-8,11H2,1-3H3,(H,25,28)(H,26,30). The molecule has 1 aromatic rings. The van der Waals surface area contributed by atoms with E-state index in [0.29, 0.717) is 17.7 Å². The van der Waals surface area contributed by atoms with Crippen LogP contribution >= 0.6 is 0 Å². The van der Waals surface area contributed by atoms with Crippen LogP contribution in [0.2, 0.25) is 0 Å². The molecule has 9 nitrogen and oxygen atoms in total. The second-order valence-corrected chi connectivity index (χ2v) is 7.93. The molecule has 4 amide bonds. The number of benzene rings is 1. The lowest BCUT2D eigenvalue weighted by Gasteiger charge is -2.31. The van der Waals surface area contributed by atoms with E-state index in [9.17, 15) is 27.6 Å². The van der Waals surface area contributed by atoms with E-state index >= 15 is 0 Å². The van der Waals surface area contributed by atoms with Gasteiger partial charge in [-0.25, -0.2) is 4.79 Å². The number of nitrogens with one attached hydrogen (secondary N) is 2. The maximum atomic E-state index is 14.2. The average molecular weight is 473 g/mol. The lowest BCUT2D eigenvalue weighted by Crippen LogP contribution is -2.69. The number of alkyl halides is 3. The Labute approximate surface area is 188 Å². The zero-order valence-corrected chi connectivity index (χ0v) is 18.5. The van der Waals surface area contributed by atoms with Gasteiger partial charge < -0.3 is 19.5 Å². The van der Waals surface area contributed by atoms with Gasteiger partial charge in [-0.05, 0) is 30.9 Å². The van der Waals surface area contributed by atoms with Gasteiger partial charge >= 0.3 is 12.2 Å². The third-order valence-corrected chi connectivity index (χ3v) is 5.95. The van der Waals surface area contributed by atoms with Crippen LogP contribution in [0.1, 0.15) is 42.5 Å². The topological polar surface area (TPSA) is 106 Å². The second-order valence-electron chi connectivity index (χ2n) is 7.93. The molecule has 1 aliphatic heterocycles. The number of hydrogen-bond acceptors (Lipinski definition) is 6. The highest BCUT2D eigenvalue weighted by Crippen LogP contribution is 2.41. The summed E-state index contributed by atoms with van der Waals surface area (Å²) in [6.07, 6.45) is -1.10. The van der Waals surface area contributed by atoms with E-state index in [1.807, 2.05) is 0 Å². The highest BCUT2D eigenvalue weighted by molar-refractivity contribution is 6.10. The minimum Gasteiger partial charge on any atom is -0.493 e. The van der Waals surface area contributed by atoms with Crippen molar-refractivity contribution in [1.29, 1.82) is 0 Å². The second kappa shape index (κ2) is 9.36. The van der Waals surface area contributed by atoms with Gasteiger partial charge in [0.2, 0.25) is 5.75 Å². The molecule has 1 aliphatic carbocycles. The number of carbonyl (C=O) groups is 3. The van der Waals surface area contributed by atoms with Crippen molar-refractivity contribution >= 4 is 17.8 Å². The number of imide groups is 1. The third kappa shape index (κ3) is 4.38. The van der Waals surface area contributed by atoms with E-state index in [4.69, 9.17) is 14.2 Å². The fraction of sp³-hybridized carbons (Fsp3) is 0.571. The number of rotatable bonds is 7. The van der Waals surface area contributed by atoms with Crippen LogP contribution in [0.4, 0.5) is 18.0 Å². The fourth-order valence-electron chi connectivity index (χ4n) is 4.24. The average Bonchev–Trinajstić information content (AvgIpc) is 3.03. The largest absolute Gasteiger partial charge is 0.493 e. The molecule has 1 saturated carbocycles. The van der Waals surface area contributed by atoms with Crippen molar-refractivity contribution in [2.45, 2.75) is 43.9 Å². The molecule has 33 heavy (non-hydrogen) atoms. The van der Waals surface area contributed by atoms with E-state index in [0.717, 1.165) is 19.3 Å². The summed E-state index contributed by atoms with van der Waals surface area (Å²) in [4.78, 5) is 38.8. The van der Waals surface area contributed by atoms with Crippen LogP contribution in [0.5, 0.6) is 17.2 Å². The molecule has 0 spiro atoms. The van der Waals surface area contributed by atoms with Crippen LogP contribution < -0.4 is 24.8 Å². The Bertz CT molecular complexity index is 933. The van der Waals surface area contributed by atoms with Crippen LogP contribution in [-0.2, 0) is 4.79 Å². The predicted molar refractivity (Wildman–Crippen MR) is 109 cm³/mol. The maximum absolute atomic E-state index is 14.2. The van der Waals surface area contributed by atoms with E-state index in [1.165, 1.54) is 33.5 Å². The summed E-state index contributed by atoms with van der Waals surface area (Å²) in [5.74, 6) is -2.98. The number of amides is 4. The Balaban J connectivity index is 1.94. The molecule has 0 radical (unpaired) electrons. The first-order chi connectivity index (χ1) is 15.6. The van der Waals surface area contributed by atoms with Gasteiger partial charge in [-0.3, -0.25) is 19.8 Å². The minimum absolute atomic E-state index is 0.0191. The number of halogens is 3. The molecule has 182 valence electrons. The Morgan fingerprint density at radius 1 is 1.09 bits per heavy atom. The van der Waals surface area contributed by atoms with Gasteiger partial charge in [0, 0.05) is 6.54 Å². The number of hydrogen-bond donors (Lipinski definition) is 2. The van der Waals surface area contributed by atoms with Crippen molar-refractivity contribution in [3.63, 3.8) is 0 Å². The number of carbonyl (C=O) groups excluding carboxylic acids is 3. The first kappa shape index (κ1) is 24.5. The molecule has 0 bridgehead atoms. The Hall–Kier alpha value is -3.18. The van der Waals surface area contributed by atoms with Crippen LogP contribution in [0.3, 0.4) is 0 Å². The smallest absolute Gasteiger partial charge is 0.440 e. The van der Waals surface area contributed by atoms with E-state index in [-0.39, 0.29) is 35.3 Å². The summed E-state index contributed by atoms with van der Waals surface area (Å²) in [6.45, 7) is -0.141. The summed E-state index contributed by atoms with van der Waals surface area (Å²) < 4.78 is 57.9. The van der Waals surface area contributed by atoms with Crippen molar-refractivity contribution in [2.75, 3.05) is 27.9 Å². The van der Waals surface area contributed by atoms with Crippen LogP contribution in [0, 0.1) is 5.92 Å². The van der Waals surface area contributed by atoms with E-state index < -0.39 is 29.7 Å². The highest BCUT2D eigenvalue weighted by atomic mass is 19.4. The summed E-state index contributed by atoms with van der Waals surface area (Å²) in [5.41, 5.74) is -3.94. The summed E-state index contributed by atoms with van der Waals surface area (Å²) in [6, 6.07) is 1.27. The number of ether oxygens (including phenoxy) is 3. The van der Waals surface area contributed by atoms with Crippen molar-refractivity contribution in [1.82, 2.24) is 15.5 Å². The van der Waals surface area contributed by atoms with Crippen molar-refractivity contribution in [3.05, 3.63) is 17.7 Å². The summed E-state index contributed by atoms with van der Waals surface area (Å²) in [7, 11) is 3.80. The molecular formula is C21H26F3N3O6. The van der Waals surface area contributed by atoms with Crippen LogP contribution in [-0.4, -0.2) is 62.5 Å². The molecule has 1 unspecified atom stereocenters. The van der Waals surface area contributed by atoms with Gasteiger partial charge in [-0.1, -0.05) is 19.3 Å². The number of methoxy groups -OCH3 is 3. The van der Waals surface area contributed by atoms with Gasteiger partial charge in [0.25, 0.3) is 17.5 Å². The van der Waals surface area contributed by atoms with Crippen LogP contribution in [0.15, 0.2) is 12.1 Å². The van der Waals surface area contributed by atoms with Crippen molar-refractivity contribution in [3.8, 4) is 17.2 Å². The zero-order chi connectivity index (χ0) is 24.4. The number of nitrogens with zero attached hydrogens (tertiary/aromatic N) is 1. The predicted octanol–water partition coefficient (Wildman–Crippen LogP) is 2.83. The fourth-order valence-corrected chi connectivity index (χ4v) is 4.24. The molecule has 1 aromatic carbocycles. The van der Waals surface area contributed by atoms with Crippen LogP contribution in [0.25, 0.3) is 0 Å². The molecule has 2 N–H and O–H groups in total. The van der Waals surface area contributed by atoms with Crippen molar-refractivity contribution in [2.24, 2.45) is 5.92 Å². The molecule has 1 saturated heterocycles. The lowest BCUT2D eigenvalue weighted by molar-refractivity contribution is -0.200. The quantitative estimate of drug-likeness (QED) is 0.590. The Kier molecular flexibility index (Phi) is 6.94. The molecule has 2 aliphatic rings. The molecular weight excluding hydrogens is 447 g/mol. The van der Waals surface area contributed by atoms with Crippen molar-refractivity contribution < 1.29 is 41.8 Å². The molecule has 1 atom stereocenters.